The van der Waals surface area contributed by atoms with E-state index in [9.17, 15) is 4.79 Å². The van der Waals surface area contributed by atoms with Gasteiger partial charge in [-0.15, -0.1) is 0 Å². The number of benzene rings is 1. The van der Waals surface area contributed by atoms with Gasteiger partial charge in [0.05, 0.1) is 11.4 Å². The van der Waals surface area contributed by atoms with Crippen LogP contribution in [0.15, 0.2) is 30.3 Å². The third-order valence-electron chi connectivity index (χ3n) is 5.81. The Morgan fingerprint density at radius 2 is 1.83 bits per heavy atom. The summed E-state index contributed by atoms with van der Waals surface area (Å²) in [4.78, 5) is 12.6. The molecule has 0 aliphatic heterocycles. The van der Waals surface area contributed by atoms with Crippen LogP contribution in [0.2, 0.25) is 0 Å². The average molecular weight is 413 g/mol. The van der Waals surface area contributed by atoms with Crippen LogP contribution in [0.4, 0.5) is 5.69 Å². The summed E-state index contributed by atoms with van der Waals surface area (Å²) in [6, 6.07) is 9.12. The number of nitrogens with zero attached hydrogens (tertiary/aromatic N) is 3. The third-order valence-corrected chi connectivity index (χ3v) is 5.81. The maximum absolute atomic E-state index is 12.6. The smallest absolute Gasteiger partial charge is 0.258 e. The van der Waals surface area contributed by atoms with Gasteiger partial charge in [0.2, 0.25) is 0 Å². The average Bonchev–Trinajstić information content (AvgIpc) is 3.20. The molecule has 8 heteroatoms. The molecule has 4 N–H and O–H groups in total. The lowest BCUT2D eigenvalue weighted by atomic mass is 9.73. The van der Waals surface area contributed by atoms with E-state index in [-0.39, 0.29) is 17.9 Å². The summed E-state index contributed by atoms with van der Waals surface area (Å²) < 4.78 is 7.41. The molecule has 0 fully saturated rings. The lowest BCUT2D eigenvalue weighted by Gasteiger charge is -2.40. The summed E-state index contributed by atoms with van der Waals surface area (Å²) in [7, 11) is 0. The first kappa shape index (κ1) is 21.7. The van der Waals surface area contributed by atoms with Crippen LogP contribution in [0.1, 0.15) is 60.0 Å². The molecule has 0 unspecified atom stereocenters. The van der Waals surface area contributed by atoms with Crippen LogP contribution in [0.3, 0.4) is 0 Å². The number of ether oxygens (including phenoxy) is 1. The van der Waals surface area contributed by atoms with E-state index >= 15 is 0 Å². The van der Waals surface area contributed by atoms with Gasteiger partial charge >= 0.3 is 0 Å². The number of anilines is 1. The first-order valence-corrected chi connectivity index (χ1v) is 10.1. The molecule has 0 saturated carbocycles. The molecule has 0 bridgehead atoms. The molecule has 0 radical (unpaired) electrons. The fourth-order valence-corrected chi connectivity index (χ4v) is 3.13. The van der Waals surface area contributed by atoms with Crippen molar-refractivity contribution in [3.63, 3.8) is 0 Å². The molecule has 8 nitrogen and oxygen atoms in total. The van der Waals surface area contributed by atoms with E-state index in [2.05, 4.69) is 36.3 Å². The van der Waals surface area contributed by atoms with Crippen molar-refractivity contribution in [2.45, 2.75) is 64.8 Å². The van der Waals surface area contributed by atoms with Crippen molar-refractivity contribution in [2.75, 3.05) is 12.3 Å². The van der Waals surface area contributed by atoms with Gasteiger partial charge in [0.1, 0.15) is 5.75 Å². The molecule has 2 aromatic heterocycles. The van der Waals surface area contributed by atoms with Gasteiger partial charge in [0.25, 0.3) is 5.91 Å². The fraction of sp³-hybridized carbons (Fsp3) is 0.500. The van der Waals surface area contributed by atoms with Gasteiger partial charge in [-0.05, 0) is 26.0 Å². The van der Waals surface area contributed by atoms with Crippen LogP contribution < -0.4 is 15.8 Å². The zero-order valence-electron chi connectivity index (χ0n) is 18.8. The van der Waals surface area contributed by atoms with Crippen molar-refractivity contribution in [1.29, 1.82) is 0 Å². The summed E-state index contributed by atoms with van der Waals surface area (Å²) in [6.07, 6.45) is 0. The van der Waals surface area contributed by atoms with Crippen molar-refractivity contribution < 1.29 is 9.53 Å². The number of hydrogen-bond acceptors (Lipinski definition) is 5. The van der Waals surface area contributed by atoms with Gasteiger partial charge < -0.3 is 15.8 Å². The molecule has 1 aromatic carbocycles. The molecule has 0 atom stereocenters. The number of nitrogens with two attached hydrogens (primary N) is 1. The van der Waals surface area contributed by atoms with Gasteiger partial charge in [0.15, 0.2) is 18.1 Å². The number of H-pyrrole nitrogens is 1. The van der Waals surface area contributed by atoms with Crippen molar-refractivity contribution in [3.05, 3.63) is 41.9 Å². The number of para-hydroxylation sites is 2. The lowest BCUT2D eigenvalue weighted by molar-refractivity contribution is -0.125. The van der Waals surface area contributed by atoms with Crippen LogP contribution in [-0.2, 0) is 15.6 Å². The molecule has 1 amide bonds. The van der Waals surface area contributed by atoms with E-state index in [0.717, 1.165) is 17.2 Å². The zero-order chi connectivity index (χ0) is 22.3. The van der Waals surface area contributed by atoms with Crippen molar-refractivity contribution in [3.8, 4) is 5.75 Å². The molecular formula is C22H32N6O2. The third kappa shape index (κ3) is 3.99. The van der Waals surface area contributed by atoms with E-state index in [0.29, 0.717) is 11.4 Å². The van der Waals surface area contributed by atoms with Crippen LogP contribution in [0.5, 0.6) is 5.75 Å². The Labute approximate surface area is 177 Å². The monoisotopic (exact) mass is 412 g/mol. The first-order chi connectivity index (χ1) is 13.8. The summed E-state index contributed by atoms with van der Waals surface area (Å²) in [5, 5.41) is 15.4. The molecule has 0 saturated heterocycles. The number of carbonyl (C=O) groups excluding carboxylic acids is 1. The predicted molar refractivity (Wildman–Crippen MR) is 118 cm³/mol. The standard InChI is InChI=1S/C22H32N6O2/c1-20(2,3)16-12-17-25-26-19(28(17)27-16)21(4,5)22(6,7)24-18(29)13-30-15-11-9-8-10-14(15)23/h8-12,25H,13,23H2,1-7H3,(H,24,29). The highest BCUT2D eigenvalue weighted by atomic mass is 16.5. The van der Waals surface area contributed by atoms with Gasteiger partial charge in [-0.3, -0.25) is 9.89 Å². The predicted octanol–water partition coefficient (Wildman–Crippen LogP) is 3.19. The van der Waals surface area contributed by atoms with Gasteiger partial charge in [-0.1, -0.05) is 46.8 Å². The molecule has 3 aromatic rings. The molecular weight excluding hydrogens is 380 g/mol. The highest BCUT2D eigenvalue weighted by Crippen LogP contribution is 2.34. The second-order valence-corrected chi connectivity index (χ2v) is 9.75. The molecule has 3 rings (SSSR count). The maximum atomic E-state index is 12.6. The van der Waals surface area contributed by atoms with Crippen LogP contribution in [-0.4, -0.2) is 37.9 Å². The van der Waals surface area contributed by atoms with E-state index in [1.807, 2.05) is 50.4 Å². The molecule has 0 aliphatic carbocycles. The minimum Gasteiger partial charge on any atom is -0.482 e. The van der Waals surface area contributed by atoms with Crippen molar-refractivity contribution >= 4 is 17.2 Å². The van der Waals surface area contributed by atoms with Crippen LogP contribution >= 0.6 is 0 Å². The van der Waals surface area contributed by atoms with E-state index < -0.39 is 11.0 Å². The number of rotatable bonds is 6. The van der Waals surface area contributed by atoms with Crippen molar-refractivity contribution in [1.82, 2.24) is 25.1 Å². The summed E-state index contributed by atoms with van der Waals surface area (Å²) in [5.41, 5.74) is 6.93. The molecule has 30 heavy (non-hydrogen) atoms. The van der Waals surface area contributed by atoms with Crippen LogP contribution in [0.25, 0.3) is 5.65 Å². The molecule has 2 heterocycles. The summed E-state index contributed by atoms with van der Waals surface area (Å²) in [6.45, 7) is 14.3. The lowest BCUT2D eigenvalue weighted by Crippen LogP contribution is -2.57. The largest absolute Gasteiger partial charge is 0.482 e. The number of carbonyl (C=O) groups is 1. The number of nitrogen functional groups attached to an aromatic ring is 1. The number of aromatic amines is 1. The molecule has 0 spiro atoms. The van der Waals surface area contributed by atoms with E-state index in [1.54, 1.807) is 12.1 Å². The van der Waals surface area contributed by atoms with Gasteiger partial charge in [0, 0.05) is 22.4 Å². The minimum atomic E-state index is -0.633. The normalized spacial score (nSPS) is 12.9. The number of aromatic nitrogens is 4. The topological polar surface area (TPSA) is 110 Å². The Bertz CT molecular complexity index is 1060. The molecule has 0 aliphatic rings. The molecule has 162 valence electrons. The highest BCUT2D eigenvalue weighted by molar-refractivity contribution is 5.78. The summed E-state index contributed by atoms with van der Waals surface area (Å²) >= 11 is 0. The quantitative estimate of drug-likeness (QED) is 0.539. The summed E-state index contributed by atoms with van der Waals surface area (Å²) in [5.74, 6) is 0.996. The van der Waals surface area contributed by atoms with Crippen molar-refractivity contribution in [2.24, 2.45) is 0 Å². The fourth-order valence-electron chi connectivity index (χ4n) is 3.13. The number of fused-ring (bicyclic) bond motifs is 1. The number of amides is 1. The SMILES string of the molecule is CC(C)(C)c1cc2[nH]nc(C(C)(C)C(C)(C)NC(=O)COc3ccccc3N)n2n1. The van der Waals surface area contributed by atoms with Gasteiger partial charge in [-0.25, -0.2) is 0 Å². The Balaban J connectivity index is 1.79. The Morgan fingerprint density at radius 3 is 2.47 bits per heavy atom. The van der Waals surface area contributed by atoms with Gasteiger partial charge in [-0.2, -0.15) is 14.7 Å². The Hall–Kier alpha value is -3.03. The first-order valence-electron chi connectivity index (χ1n) is 10.1. The van der Waals surface area contributed by atoms with E-state index in [1.165, 1.54) is 0 Å². The number of nitrogens with one attached hydrogen (secondary N) is 2. The second kappa shape index (κ2) is 7.34. The van der Waals surface area contributed by atoms with E-state index in [4.69, 9.17) is 15.6 Å². The maximum Gasteiger partial charge on any atom is 0.258 e. The van der Waals surface area contributed by atoms with Crippen LogP contribution in [0, 0.1) is 0 Å². The minimum absolute atomic E-state index is 0.0748. The number of hydrogen-bond donors (Lipinski definition) is 3. The Morgan fingerprint density at radius 1 is 1.17 bits per heavy atom. The highest BCUT2D eigenvalue weighted by Gasteiger charge is 2.43. The second-order valence-electron chi connectivity index (χ2n) is 9.75. The Kier molecular flexibility index (Phi) is 5.30. The zero-order valence-corrected chi connectivity index (χ0v) is 18.8.